The van der Waals surface area contributed by atoms with Crippen molar-refractivity contribution in [3.8, 4) is 0 Å². The number of benzene rings is 2. The van der Waals surface area contributed by atoms with Gasteiger partial charge in [-0.1, -0.05) is 49.4 Å². The fourth-order valence-electron chi connectivity index (χ4n) is 4.66. The third-order valence-corrected chi connectivity index (χ3v) is 8.62. The Labute approximate surface area is 191 Å². The average Bonchev–Trinajstić information content (AvgIpc) is 3.31. The lowest BCUT2D eigenvalue weighted by molar-refractivity contribution is -0.124. The molecular weight excluding hydrogens is 422 g/mol. The number of rotatable bonds is 7. The van der Waals surface area contributed by atoms with Crippen LogP contribution in [0.25, 0.3) is 0 Å². The highest BCUT2D eigenvalue weighted by Gasteiger charge is 2.39. The molecule has 7 heteroatoms. The second-order valence-corrected chi connectivity index (χ2v) is 10.9. The molecule has 1 amide bonds. The molecule has 172 valence electrons. The van der Waals surface area contributed by atoms with Gasteiger partial charge in [0.25, 0.3) is 0 Å². The second-order valence-electron chi connectivity index (χ2n) is 9.03. The maximum absolute atomic E-state index is 13.1. The van der Waals surface area contributed by atoms with Crippen molar-refractivity contribution < 1.29 is 13.2 Å². The van der Waals surface area contributed by atoms with Crippen LogP contribution in [-0.4, -0.2) is 49.2 Å². The van der Waals surface area contributed by atoms with E-state index in [2.05, 4.69) is 29.3 Å². The number of nitrogens with zero attached hydrogens (tertiary/aromatic N) is 2. The van der Waals surface area contributed by atoms with Crippen molar-refractivity contribution in [2.75, 3.05) is 19.6 Å². The summed E-state index contributed by atoms with van der Waals surface area (Å²) in [7, 11) is -3.68. The molecule has 2 saturated heterocycles. The molecule has 1 unspecified atom stereocenters. The predicted molar refractivity (Wildman–Crippen MR) is 125 cm³/mol. The summed E-state index contributed by atoms with van der Waals surface area (Å²) in [6.45, 7) is 6.20. The molecule has 6 nitrogen and oxygen atoms in total. The first-order chi connectivity index (χ1) is 15.4. The van der Waals surface area contributed by atoms with E-state index < -0.39 is 16.1 Å². The Bertz CT molecular complexity index is 1020. The van der Waals surface area contributed by atoms with Crippen LogP contribution >= 0.6 is 0 Å². The molecule has 0 radical (unpaired) electrons. The van der Waals surface area contributed by atoms with E-state index in [1.54, 1.807) is 30.3 Å². The van der Waals surface area contributed by atoms with Crippen molar-refractivity contribution in [3.63, 3.8) is 0 Å². The molecule has 0 aliphatic carbocycles. The molecule has 32 heavy (non-hydrogen) atoms. The van der Waals surface area contributed by atoms with E-state index in [1.165, 1.54) is 22.7 Å². The van der Waals surface area contributed by atoms with Crippen molar-refractivity contribution in [2.24, 2.45) is 5.92 Å². The minimum Gasteiger partial charge on any atom is -0.351 e. The van der Waals surface area contributed by atoms with E-state index in [0.717, 1.165) is 31.1 Å². The summed E-state index contributed by atoms with van der Waals surface area (Å²) in [5.74, 6) is 0.575. The molecule has 0 saturated carbocycles. The van der Waals surface area contributed by atoms with Crippen molar-refractivity contribution in [2.45, 2.75) is 56.6 Å². The normalized spacial score (nSPS) is 21.0. The summed E-state index contributed by atoms with van der Waals surface area (Å²) in [4.78, 5) is 15.7. The molecule has 1 atom stereocenters. The fraction of sp³-hybridized carbons (Fsp3) is 0.480. The number of hydrogen-bond donors (Lipinski definition) is 1. The minimum absolute atomic E-state index is 0.219. The number of piperidine rings is 1. The van der Waals surface area contributed by atoms with Crippen LogP contribution in [0.4, 0.5) is 0 Å². The van der Waals surface area contributed by atoms with E-state index in [0.29, 0.717) is 25.9 Å². The van der Waals surface area contributed by atoms with Gasteiger partial charge in [0.05, 0.1) is 4.90 Å². The van der Waals surface area contributed by atoms with Crippen LogP contribution in [0, 0.1) is 5.92 Å². The smallest absolute Gasteiger partial charge is 0.243 e. The van der Waals surface area contributed by atoms with Gasteiger partial charge in [0.1, 0.15) is 6.04 Å². The third-order valence-electron chi connectivity index (χ3n) is 6.70. The topological polar surface area (TPSA) is 69.7 Å². The van der Waals surface area contributed by atoms with Crippen LogP contribution in [0.2, 0.25) is 0 Å². The molecule has 2 aliphatic heterocycles. The van der Waals surface area contributed by atoms with Crippen molar-refractivity contribution in [1.82, 2.24) is 14.5 Å². The van der Waals surface area contributed by atoms with Crippen molar-refractivity contribution >= 4 is 15.9 Å². The van der Waals surface area contributed by atoms with Crippen LogP contribution in [0.1, 0.15) is 43.7 Å². The second kappa shape index (κ2) is 10.1. The molecule has 2 aliphatic rings. The van der Waals surface area contributed by atoms with E-state index in [-0.39, 0.29) is 10.8 Å². The molecule has 0 bridgehead atoms. The molecule has 2 fully saturated rings. The Kier molecular flexibility index (Phi) is 7.28. The van der Waals surface area contributed by atoms with Gasteiger partial charge >= 0.3 is 0 Å². The van der Waals surface area contributed by atoms with Crippen LogP contribution in [0.15, 0.2) is 59.5 Å². The lowest BCUT2D eigenvalue weighted by Crippen LogP contribution is -2.45. The zero-order chi connectivity index (χ0) is 22.6. The third kappa shape index (κ3) is 5.22. The van der Waals surface area contributed by atoms with E-state index in [1.807, 2.05) is 12.1 Å². The quantitative estimate of drug-likeness (QED) is 0.695. The Morgan fingerprint density at radius 3 is 2.31 bits per heavy atom. The number of sulfonamides is 1. The maximum Gasteiger partial charge on any atom is 0.243 e. The Hall–Kier alpha value is -2.22. The molecule has 4 rings (SSSR count). The zero-order valence-electron chi connectivity index (χ0n) is 18.7. The van der Waals surface area contributed by atoms with Crippen molar-refractivity contribution in [1.29, 1.82) is 0 Å². The van der Waals surface area contributed by atoms with Crippen LogP contribution < -0.4 is 5.32 Å². The van der Waals surface area contributed by atoms with Gasteiger partial charge in [-0.2, -0.15) is 4.31 Å². The SMILES string of the molecule is CC1CCN(Cc2ccccc2CNC(=O)C2CCCN2S(=O)(=O)c2ccccc2)CC1. The first-order valence-electron chi connectivity index (χ1n) is 11.6. The molecule has 1 N–H and O–H groups in total. The van der Waals surface area contributed by atoms with Gasteiger partial charge < -0.3 is 5.32 Å². The molecule has 0 spiro atoms. The lowest BCUT2D eigenvalue weighted by atomic mass is 9.98. The first kappa shape index (κ1) is 23.0. The lowest BCUT2D eigenvalue weighted by Gasteiger charge is -2.30. The summed E-state index contributed by atoms with van der Waals surface area (Å²) in [5, 5.41) is 3.02. The molecular formula is C25H33N3O3S. The number of amides is 1. The summed E-state index contributed by atoms with van der Waals surface area (Å²) >= 11 is 0. The Balaban J connectivity index is 1.40. The number of carbonyl (C=O) groups is 1. The summed E-state index contributed by atoms with van der Waals surface area (Å²) < 4.78 is 27.5. The number of nitrogens with one attached hydrogen (secondary N) is 1. The van der Waals surface area contributed by atoms with Crippen LogP contribution in [0.5, 0.6) is 0 Å². The largest absolute Gasteiger partial charge is 0.351 e. The van der Waals surface area contributed by atoms with Crippen molar-refractivity contribution in [3.05, 3.63) is 65.7 Å². The van der Waals surface area contributed by atoms with Gasteiger partial charge in [-0.15, -0.1) is 0 Å². The number of hydrogen-bond acceptors (Lipinski definition) is 4. The minimum atomic E-state index is -3.68. The van der Waals surface area contributed by atoms with E-state index >= 15 is 0 Å². The van der Waals surface area contributed by atoms with Gasteiger partial charge in [0.2, 0.25) is 15.9 Å². The highest BCUT2D eigenvalue weighted by Crippen LogP contribution is 2.26. The first-order valence-corrected chi connectivity index (χ1v) is 13.0. The molecule has 0 aromatic heterocycles. The fourth-order valence-corrected chi connectivity index (χ4v) is 6.34. The summed E-state index contributed by atoms with van der Waals surface area (Å²) in [5.41, 5.74) is 2.32. The van der Waals surface area contributed by atoms with E-state index in [9.17, 15) is 13.2 Å². The van der Waals surface area contributed by atoms with Gasteiger partial charge in [-0.3, -0.25) is 9.69 Å². The van der Waals surface area contributed by atoms with Gasteiger partial charge in [0.15, 0.2) is 0 Å². The van der Waals surface area contributed by atoms with Gasteiger partial charge in [-0.05, 0) is 68.0 Å². The van der Waals surface area contributed by atoms with Crippen LogP contribution in [-0.2, 0) is 27.9 Å². The average molecular weight is 456 g/mol. The molecule has 2 heterocycles. The van der Waals surface area contributed by atoms with E-state index in [4.69, 9.17) is 0 Å². The zero-order valence-corrected chi connectivity index (χ0v) is 19.6. The Morgan fingerprint density at radius 1 is 0.938 bits per heavy atom. The van der Waals surface area contributed by atoms with Crippen LogP contribution in [0.3, 0.4) is 0 Å². The highest BCUT2D eigenvalue weighted by atomic mass is 32.2. The molecule has 2 aromatic carbocycles. The monoisotopic (exact) mass is 455 g/mol. The van der Waals surface area contributed by atoms with Gasteiger partial charge in [0, 0.05) is 19.6 Å². The maximum atomic E-state index is 13.1. The highest BCUT2D eigenvalue weighted by molar-refractivity contribution is 7.89. The number of likely N-dealkylation sites (tertiary alicyclic amines) is 1. The summed E-state index contributed by atoms with van der Waals surface area (Å²) in [6, 6.07) is 15.9. The molecule has 2 aromatic rings. The standard InChI is InChI=1S/C25H33N3O3S/c1-20-13-16-27(17-14-20)19-22-9-6-5-8-21(22)18-26-25(29)24-12-7-15-28(24)32(30,31)23-10-3-2-4-11-23/h2-6,8-11,20,24H,7,12-19H2,1H3,(H,26,29). The predicted octanol–water partition coefficient (Wildman–Crippen LogP) is 3.39. The van der Waals surface area contributed by atoms with Gasteiger partial charge in [-0.25, -0.2) is 8.42 Å². The summed E-state index contributed by atoms with van der Waals surface area (Å²) in [6.07, 6.45) is 3.69. The number of carbonyl (C=O) groups excluding carboxylic acids is 1. The Morgan fingerprint density at radius 2 is 1.59 bits per heavy atom.